The fraction of sp³-hybridized carbons (Fsp3) is 0.214. The summed E-state index contributed by atoms with van der Waals surface area (Å²) in [5, 5.41) is 11.9. The zero-order valence-electron chi connectivity index (χ0n) is 10.9. The molecule has 2 N–H and O–H groups in total. The summed E-state index contributed by atoms with van der Waals surface area (Å²) >= 11 is 0. The van der Waals surface area contributed by atoms with Crippen molar-refractivity contribution >= 4 is 17.3 Å². The minimum atomic E-state index is -1.05. The number of carbonyl (C=O) groups is 1. The van der Waals surface area contributed by atoms with Crippen LogP contribution >= 0.6 is 0 Å². The molecule has 0 bridgehead atoms. The minimum Gasteiger partial charge on any atom is -0.475 e. The molecule has 5 heteroatoms. The second kappa shape index (κ2) is 5.48. The predicted octanol–water partition coefficient (Wildman–Crippen LogP) is 2.66. The van der Waals surface area contributed by atoms with Crippen molar-refractivity contribution in [3.63, 3.8) is 0 Å². The van der Waals surface area contributed by atoms with Crippen LogP contribution in [0.15, 0.2) is 40.8 Å². The zero-order valence-corrected chi connectivity index (χ0v) is 10.9. The lowest BCUT2D eigenvalue weighted by atomic mass is 10.2. The van der Waals surface area contributed by atoms with E-state index in [1.165, 1.54) is 6.07 Å². The number of rotatable bonds is 5. The van der Waals surface area contributed by atoms with Crippen LogP contribution < -0.4 is 10.2 Å². The number of nitrogens with one attached hydrogen (secondary N) is 1. The molecule has 1 heterocycles. The van der Waals surface area contributed by atoms with E-state index in [2.05, 4.69) is 5.32 Å². The van der Waals surface area contributed by atoms with E-state index < -0.39 is 5.97 Å². The maximum atomic E-state index is 10.7. The molecule has 0 radical (unpaired) electrons. The van der Waals surface area contributed by atoms with Crippen LogP contribution in [0, 0.1) is 0 Å². The van der Waals surface area contributed by atoms with Gasteiger partial charge in [0.05, 0.1) is 6.54 Å². The lowest BCUT2D eigenvalue weighted by Gasteiger charge is -2.13. The average molecular weight is 260 g/mol. The monoisotopic (exact) mass is 260 g/mol. The molecule has 0 fully saturated rings. The number of hydrogen-bond donors (Lipinski definition) is 2. The number of carboxylic acids is 1. The van der Waals surface area contributed by atoms with E-state index in [9.17, 15) is 4.79 Å². The van der Waals surface area contributed by atoms with Crippen molar-refractivity contribution in [3.8, 4) is 0 Å². The smallest absolute Gasteiger partial charge is 0.371 e. The van der Waals surface area contributed by atoms with Gasteiger partial charge in [0.2, 0.25) is 5.76 Å². The molecule has 0 amide bonds. The number of nitrogens with zero attached hydrogens (tertiary/aromatic N) is 1. The third-order valence-corrected chi connectivity index (χ3v) is 2.72. The van der Waals surface area contributed by atoms with Gasteiger partial charge in [-0.25, -0.2) is 4.79 Å². The number of carboxylic acid groups (broad SMARTS) is 1. The van der Waals surface area contributed by atoms with E-state index in [1.54, 1.807) is 6.07 Å². The Morgan fingerprint density at radius 1 is 1.21 bits per heavy atom. The number of aromatic carboxylic acids is 1. The molecule has 5 nitrogen and oxygen atoms in total. The van der Waals surface area contributed by atoms with Gasteiger partial charge in [0.1, 0.15) is 5.76 Å². The molecule has 19 heavy (non-hydrogen) atoms. The van der Waals surface area contributed by atoms with Crippen molar-refractivity contribution in [2.24, 2.45) is 0 Å². The highest BCUT2D eigenvalue weighted by Crippen LogP contribution is 2.17. The van der Waals surface area contributed by atoms with Gasteiger partial charge < -0.3 is 19.7 Å². The maximum absolute atomic E-state index is 10.7. The number of anilines is 2. The molecular formula is C14H16N2O3. The van der Waals surface area contributed by atoms with Crippen LogP contribution in [0.5, 0.6) is 0 Å². The predicted molar refractivity (Wildman–Crippen MR) is 73.8 cm³/mol. The summed E-state index contributed by atoms with van der Waals surface area (Å²) in [5.41, 5.74) is 2.08. The number of hydrogen-bond acceptors (Lipinski definition) is 4. The Hall–Kier alpha value is -2.43. The quantitative estimate of drug-likeness (QED) is 0.865. The molecule has 2 rings (SSSR count). The second-order valence-corrected chi connectivity index (χ2v) is 4.37. The van der Waals surface area contributed by atoms with Crippen molar-refractivity contribution in [2.45, 2.75) is 6.54 Å². The summed E-state index contributed by atoms with van der Waals surface area (Å²) in [7, 11) is 3.97. The largest absolute Gasteiger partial charge is 0.475 e. The van der Waals surface area contributed by atoms with Crippen LogP contribution in [0.3, 0.4) is 0 Å². The summed E-state index contributed by atoms with van der Waals surface area (Å²) in [6.07, 6.45) is 0. The molecule has 0 unspecified atom stereocenters. The Labute approximate surface area is 111 Å². The first kappa shape index (κ1) is 13.0. The van der Waals surface area contributed by atoms with Crippen molar-refractivity contribution in [2.75, 3.05) is 24.3 Å². The Kier molecular flexibility index (Phi) is 3.75. The summed E-state index contributed by atoms with van der Waals surface area (Å²) in [6.45, 7) is 0.453. The molecule has 0 saturated carbocycles. The van der Waals surface area contributed by atoms with Crippen LogP contribution in [-0.4, -0.2) is 25.2 Å². The van der Waals surface area contributed by atoms with Crippen LogP contribution in [0.1, 0.15) is 16.3 Å². The van der Waals surface area contributed by atoms with E-state index in [0.717, 1.165) is 11.4 Å². The Balaban J connectivity index is 1.96. The Bertz CT molecular complexity index is 558. The van der Waals surface area contributed by atoms with E-state index in [-0.39, 0.29) is 5.76 Å². The SMILES string of the molecule is CN(C)c1ccc(NCc2ccc(C(=O)O)o2)cc1. The van der Waals surface area contributed by atoms with Gasteiger partial charge >= 0.3 is 5.97 Å². The second-order valence-electron chi connectivity index (χ2n) is 4.37. The number of benzene rings is 1. The minimum absolute atomic E-state index is 0.0419. The standard InChI is InChI=1S/C14H16N2O3/c1-16(2)11-5-3-10(4-6-11)15-9-12-7-8-13(19-12)14(17)18/h3-8,15H,9H2,1-2H3,(H,17,18). The molecule has 100 valence electrons. The van der Waals surface area contributed by atoms with Crippen LogP contribution in [0.2, 0.25) is 0 Å². The highest BCUT2D eigenvalue weighted by molar-refractivity contribution is 5.84. The maximum Gasteiger partial charge on any atom is 0.371 e. The lowest BCUT2D eigenvalue weighted by molar-refractivity contribution is 0.0660. The third-order valence-electron chi connectivity index (χ3n) is 2.72. The van der Waals surface area contributed by atoms with E-state index in [1.807, 2.05) is 43.3 Å². The molecule has 0 aliphatic carbocycles. The van der Waals surface area contributed by atoms with Crippen molar-refractivity contribution in [1.82, 2.24) is 0 Å². The van der Waals surface area contributed by atoms with Crippen molar-refractivity contribution in [3.05, 3.63) is 47.9 Å². The van der Waals surface area contributed by atoms with Gasteiger partial charge in [-0.2, -0.15) is 0 Å². The average Bonchev–Trinajstić information content (AvgIpc) is 2.86. The van der Waals surface area contributed by atoms with Crippen LogP contribution in [0.4, 0.5) is 11.4 Å². The molecule has 0 saturated heterocycles. The van der Waals surface area contributed by atoms with Gasteiger partial charge in [0.15, 0.2) is 0 Å². The molecule has 0 spiro atoms. The third kappa shape index (κ3) is 3.28. The van der Waals surface area contributed by atoms with Gasteiger partial charge in [-0.15, -0.1) is 0 Å². The van der Waals surface area contributed by atoms with Gasteiger partial charge in [0, 0.05) is 25.5 Å². The first-order valence-electron chi connectivity index (χ1n) is 5.89. The topological polar surface area (TPSA) is 65.7 Å². The van der Waals surface area contributed by atoms with Gasteiger partial charge in [-0.3, -0.25) is 0 Å². The Morgan fingerprint density at radius 3 is 2.42 bits per heavy atom. The first-order valence-corrected chi connectivity index (χ1v) is 5.89. The highest BCUT2D eigenvalue weighted by Gasteiger charge is 2.08. The fourth-order valence-electron chi connectivity index (χ4n) is 1.65. The van der Waals surface area contributed by atoms with Gasteiger partial charge in [-0.1, -0.05) is 0 Å². The zero-order chi connectivity index (χ0) is 13.8. The molecule has 1 aromatic carbocycles. The summed E-state index contributed by atoms with van der Waals surface area (Å²) in [4.78, 5) is 12.7. The van der Waals surface area contributed by atoms with Crippen molar-refractivity contribution < 1.29 is 14.3 Å². The molecule has 1 aromatic heterocycles. The van der Waals surface area contributed by atoms with Gasteiger partial charge in [0.25, 0.3) is 0 Å². The van der Waals surface area contributed by atoms with E-state index >= 15 is 0 Å². The van der Waals surface area contributed by atoms with Crippen LogP contribution in [-0.2, 0) is 6.54 Å². The van der Waals surface area contributed by atoms with E-state index in [4.69, 9.17) is 9.52 Å². The molecular weight excluding hydrogens is 244 g/mol. The lowest BCUT2D eigenvalue weighted by Crippen LogP contribution is -2.08. The van der Waals surface area contributed by atoms with Crippen molar-refractivity contribution in [1.29, 1.82) is 0 Å². The summed E-state index contributed by atoms with van der Waals surface area (Å²) < 4.78 is 5.16. The van der Waals surface area contributed by atoms with Crippen LogP contribution in [0.25, 0.3) is 0 Å². The first-order chi connectivity index (χ1) is 9.06. The Morgan fingerprint density at radius 2 is 1.89 bits per heavy atom. The van der Waals surface area contributed by atoms with E-state index in [0.29, 0.717) is 12.3 Å². The fourth-order valence-corrected chi connectivity index (χ4v) is 1.65. The highest BCUT2D eigenvalue weighted by atomic mass is 16.4. The summed E-state index contributed by atoms with van der Waals surface area (Å²) in [6, 6.07) is 11.1. The summed E-state index contributed by atoms with van der Waals surface area (Å²) in [5.74, 6) is -0.504. The molecule has 2 aromatic rings. The molecule has 0 aliphatic heterocycles. The molecule has 0 atom stereocenters. The normalized spacial score (nSPS) is 10.2. The molecule has 0 aliphatic rings. The van der Waals surface area contributed by atoms with Gasteiger partial charge in [-0.05, 0) is 36.4 Å². The number of furan rings is 1.